The van der Waals surface area contributed by atoms with Crippen molar-refractivity contribution >= 4 is 11.7 Å². The van der Waals surface area contributed by atoms with Crippen LogP contribution in [0.15, 0.2) is 24.3 Å². The molecule has 1 heterocycles. The van der Waals surface area contributed by atoms with Crippen molar-refractivity contribution in [3.05, 3.63) is 29.8 Å². The fourth-order valence-corrected chi connectivity index (χ4v) is 2.20. The maximum Gasteiger partial charge on any atom is 0.319 e. The summed E-state index contributed by atoms with van der Waals surface area (Å²) in [6, 6.07) is 9.21. The van der Waals surface area contributed by atoms with Gasteiger partial charge < -0.3 is 16.0 Å². The second kappa shape index (κ2) is 6.76. The fraction of sp³-hybridized carbons (Fsp3) is 0.429. The van der Waals surface area contributed by atoms with Gasteiger partial charge in [-0.25, -0.2) is 4.79 Å². The van der Waals surface area contributed by atoms with Crippen LogP contribution in [0.1, 0.15) is 24.8 Å². The van der Waals surface area contributed by atoms with Crippen LogP contribution in [0.2, 0.25) is 0 Å². The topological polar surface area (TPSA) is 77.0 Å². The van der Waals surface area contributed by atoms with Gasteiger partial charge in [-0.3, -0.25) is 0 Å². The van der Waals surface area contributed by atoms with Crippen LogP contribution in [0.4, 0.5) is 10.5 Å². The SMILES string of the molecule is N#Cc1cccc(NC(=O)NCC[C@@H]2CCCN2)c1. The first kappa shape index (κ1) is 13.4. The van der Waals surface area contributed by atoms with Crippen LogP contribution in [-0.4, -0.2) is 25.2 Å². The standard InChI is InChI=1S/C14H18N4O/c15-10-11-3-1-4-13(9-11)18-14(19)17-8-6-12-5-2-7-16-12/h1,3-4,9,12,16H,2,5-8H2,(H2,17,18,19)/t12-/m0/s1. The van der Waals surface area contributed by atoms with E-state index in [1.165, 1.54) is 12.8 Å². The Balaban J connectivity index is 1.72. The van der Waals surface area contributed by atoms with Crippen molar-refractivity contribution in [2.24, 2.45) is 0 Å². The third kappa shape index (κ3) is 4.27. The Morgan fingerprint density at radius 1 is 1.53 bits per heavy atom. The molecule has 0 saturated carbocycles. The molecule has 100 valence electrons. The predicted molar refractivity (Wildman–Crippen MR) is 73.8 cm³/mol. The molecule has 5 heteroatoms. The number of hydrogen-bond donors (Lipinski definition) is 3. The average molecular weight is 258 g/mol. The summed E-state index contributed by atoms with van der Waals surface area (Å²) in [7, 11) is 0. The lowest BCUT2D eigenvalue weighted by molar-refractivity contribution is 0.251. The molecule has 1 saturated heterocycles. The van der Waals surface area contributed by atoms with Gasteiger partial charge in [0.05, 0.1) is 11.6 Å². The number of amides is 2. The molecule has 1 aliphatic rings. The summed E-state index contributed by atoms with van der Waals surface area (Å²) in [4.78, 5) is 11.7. The molecular weight excluding hydrogens is 240 g/mol. The molecule has 0 bridgehead atoms. The molecule has 1 atom stereocenters. The van der Waals surface area contributed by atoms with Gasteiger partial charge in [0.1, 0.15) is 0 Å². The van der Waals surface area contributed by atoms with Gasteiger partial charge in [0, 0.05) is 18.3 Å². The lowest BCUT2D eigenvalue weighted by atomic mass is 10.1. The summed E-state index contributed by atoms with van der Waals surface area (Å²) in [5.74, 6) is 0. The van der Waals surface area contributed by atoms with Gasteiger partial charge >= 0.3 is 6.03 Å². The van der Waals surface area contributed by atoms with E-state index in [0.29, 0.717) is 23.8 Å². The first-order valence-corrected chi connectivity index (χ1v) is 6.56. The number of carbonyl (C=O) groups excluding carboxylic acids is 1. The zero-order valence-electron chi connectivity index (χ0n) is 10.8. The maximum atomic E-state index is 11.7. The number of carbonyl (C=O) groups is 1. The fourth-order valence-electron chi connectivity index (χ4n) is 2.20. The molecule has 2 amide bonds. The zero-order valence-corrected chi connectivity index (χ0v) is 10.8. The van der Waals surface area contributed by atoms with E-state index in [9.17, 15) is 4.79 Å². The van der Waals surface area contributed by atoms with E-state index in [2.05, 4.69) is 16.0 Å². The Kier molecular flexibility index (Phi) is 4.76. The monoisotopic (exact) mass is 258 g/mol. The van der Waals surface area contributed by atoms with E-state index >= 15 is 0 Å². The Bertz CT molecular complexity index is 475. The molecule has 1 fully saturated rings. The summed E-state index contributed by atoms with van der Waals surface area (Å²) in [6.45, 7) is 1.74. The normalized spacial score (nSPS) is 17.7. The first-order valence-electron chi connectivity index (χ1n) is 6.56. The molecule has 19 heavy (non-hydrogen) atoms. The van der Waals surface area contributed by atoms with E-state index < -0.39 is 0 Å². The Labute approximate surface area is 113 Å². The quantitative estimate of drug-likeness (QED) is 0.771. The van der Waals surface area contributed by atoms with Crippen molar-refractivity contribution in [3.8, 4) is 6.07 Å². The zero-order chi connectivity index (χ0) is 13.5. The molecule has 1 aromatic rings. The third-order valence-corrected chi connectivity index (χ3v) is 3.19. The van der Waals surface area contributed by atoms with E-state index in [1.54, 1.807) is 24.3 Å². The number of nitrogens with zero attached hydrogens (tertiary/aromatic N) is 1. The highest BCUT2D eigenvalue weighted by molar-refractivity contribution is 5.89. The van der Waals surface area contributed by atoms with Crippen LogP contribution in [0.3, 0.4) is 0 Å². The summed E-state index contributed by atoms with van der Waals surface area (Å²) in [6.07, 6.45) is 3.36. The van der Waals surface area contributed by atoms with Gasteiger partial charge in [0.25, 0.3) is 0 Å². The smallest absolute Gasteiger partial charge is 0.319 e. The van der Waals surface area contributed by atoms with Crippen molar-refractivity contribution in [1.82, 2.24) is 10.6 Å². The average Bonchev–Trinajstić information content (AvgIpc) is 2.92. The lowest BCUT2D eigenvalue weighted by Gasteiger charge is -2.11. The van der Waals surface area contributed by atoms with Crippen molar-refractivity contribution in [1.29, 1.82) is 5.26 Å². The van der Waals surface area contributed by atoms with Crippen LogP contribution in [-0.2, 0) is 0 Å². The Morgan fingerprint density at radius 2 is 2.42 bits per heavy atom. The third-order valence-electron chi connectivity index (χ3n) is 3.19. The highest BCUT2D eigenvalue weighted by atomic mass is 16.2. The molecular formula is C14H18N4O. The van der Waals surface area contributed by atoms with Crippen molar-refractivity contribution in [2.75, 3.05) is 18.4 Å². The first-order chi connectivity index (χ1) is 9.28. The van der Waals surface area contributed by atoms with Crippen LogP contribution >= 0.6 is 0 Å². The second-order valence-corrected chi connectivity index (χ2v) is 4.66. The highest BCUT2D eigenvalue weighted by Gasteiger charge is 2.13. The number of benzene rings is 1. The van der Waals surface area contributed by atoms with Gasteiger partial charge in [-0.05, 0) is 44.0 Å². The number of urea groups is 1. The molecule has 1 aromatic carbocycles. The molecule has 5 nitrogen and oxygen atoms in total. The van der Waals surface area contributed by atoms with Crippen LogP contribution in [0.25, 0.3) is 0 Å². The van der Waals surface area contributed by atoms with Gasteiger partial charge in [0.15, 0.2) is 0 Å². The molecule has 0 spiro atoms. The van der Waals surface area contributed by atoms with E-state index in [4.69, 9.17) is 5.26 Å². The van der Waals surface area contributed by atoms with E-state index in [0.717, 1.165) is 13.0 Å². The van der Waals surface area contributed by atoms with Gasteiger partial charge in [-0.2, -0.15) is 5.26 Å². The minimum Gasteiger partial charge on any atom is -0.338 e. The summed E-state index contributed by atoms with van der Waals surface area (Å²) < 4.78 is 0. The van der Waals surface area contributed by atoms with Crippen molar-refractivity contribution in [2.45, 2.75) is 25.3 Å². The largest absolute Gasteiger partial charge is 0.338 e. The highest BCUT2D eigenvalue weighted by Crippen LogP contribution is 2.10. The van der Waals surface area contributed by atoms with Crippen LogP contribution in [0.5, 0.6) is 0 Å². The Morgan fingerprint density at radius 3 is 3.16 bits per heavy atom. The second-order valence-electron chi connectivity index (χ2n) is 4.66. The lowest BCUT2D eigenvalue weighted by Crippen LogP contribution is -2.33. The molecule has 0 radical (unpaired) electrons. The molecule has 0 aliphatic carbocycles. The van der Waals surface area contributed by atoms with E-state index in [1.807, 2.05) is 6.07 Å². The predicted octanol–water partition coefficient (Wildman–Crippen LogP) is 1.82. The number of nitriles is 1. The molecule has 1 aliphatic heterocycles. The minimum atomic E-state index is -0.229. The number of rotatable bonds is 4. The number of anilines is 1. The molecule has 2 rings (SSSR count). The Hall–Kier alpha value is -2.06. The van der Waals surface area contributed by atoms with Gasteiger partial charge in [0.2, 0.25) is 0 Å². The minimum absolute atomic E-state index is 0.229. The summed E-state index contributed by atoms with van der Waals surface area (Å²) in [5.41, 5.74) is 1.17. The molecule has 0 aromatic heterocycles. The van der Waals surface area contributed by atoms with Gasteiger partial charge in [-0.1, -0.05) is 6.07 Å². The summed E-state index contributed by atoms with van der Waals surface area (Å²) in [5, 5.41) is 17.7. The van der Waals surface area contributed by atoms with Crippen LogP contribution < -0.4 is 16.0 Å². The van der Waals surface area contributed by atoms with Crippen LogP contribution in [0, 0.1) is 11.3 Å². The van der Waals surface area contributed by atoms with Crippen molar-refractivity contribution in [3.63, 3.8) is 0 Å². The summed E-state index contributed by atoms with van der Waals surface area (Å²) >= 11 is 0. The van der Waals surface area contributed by atoms with Gasteiger partial charge in [-0.15, -0.1) is 0 Å². The van der Waals surface area contributed by atoms with E-state index in [-0.39, 0.29) is 6.03 Å². The number of nitrogens with one attached hydrogen (secondary N) is 3. The maximum absolute atomic E-state index is 11.7. The molecule has 0 unspecified atom stereocenters. The van der Waals surface area contributed by atoms with Crippen molar-refractivity contribution < 1.29 is 4.79 Å². The molecule has 3 N–H and O–H groups in total. The number of hydrogen-bond acceptors (Lipinski definition) is 3.